The second-order valence-electron chi connectivity index (χ2n) is 15.9. The number of aromatic nitrogens is 5. The van der Waals surface area contributed by atoms with Crippen LogP contribution in [0.3, 0.4) is 0 Å². The van der Waals surface area contributed by atoms with Gasteiger partial charge in [-0.3, -0.25) is 4.57 Å². The summed E-state index contributed by atoms with van der Waals surface area (Å²) in [5.74, 6) is 1.49. The minimum Gasteiger partial charge on any atom is -0.309 e. The minimum absolute atomic E-state index is 0.479. The summed E-state index contributed by atoms with van der Waals surface area (Å²) >= 11 is 0. The second-order valence-corrected chi connectivity index (χ2v) is 15.9. The largest absolute Gasteiger partial charge is 0.309 e. The molecule has 0 amide bonds. The predicted molar refractivity (Wildman–Crippen MR) is 262 cm³/mol. The maximum absolute atomic E-state index is 7.84. The summed E-state index contributed by atoms with van der Waals surface area (Å²) in [7, 11) is 0. The Morgan fingerprint density at radius 3 is 1.55 bits per heavy atom. The topological polar surface area (TPSA) is 52.9 Å². The van der Waals surface area contributed by atoms with Crippen molar-refractivity contribution in [3.63, 3.8) is 0 Å². The van der Waals surface area contributed by atoms with E-state index < -0.39 is 0 Å². The van der Waals surface area contributed by atoms with E-state index in [0.717, 1.165) is 83.0 Å². The fourth-order valence-corrected chi connectivity index (χ4v) is 9.29. The van der Waals surface area contributed by atoms with Crippen LogP contribution >= 0.6 is 0 Å². The van der Waals surface area contributed by atoms with Gasteiger partial charge in [-0.05, 0) is 70.8 Å². The first kappa shape index (κ1) is 36.9. The number of nitrogens with zero attached hydrogens (tertiary/aromatic N) is 6. The van der Waals surface area contributed by atoms with Crippen LogP contribution in [0.4, 0.5) is 5.69 Å². The molecular formula is C58H36N6. The monoisotopic (exact) mass is 816 g/mol. The Labute approximate surface area is 369 Å². The van der Waals surface area contributed by atoms with Crippen LogP contribution in [0.2, 0.25) is 0 Å². The third kappa shape index (κ3) is 6.14. The molecule has 3 aromatic heterocycles. The predicted octanol–water partition coefficient (Wildman–Crippen LogP) is 15.0. The van der Waals surface area contributed by atoms with Gasteiger partial charge in [0.2, 0.25) is 5.95 Å². The fraction of sp³-hybridized carbons (Fsp3) is 0. The Morgan fingerprint density at radius 1 is 0.344 bits per heavy atom. The van der Waals surface area contributed by atoms with Crippen LogP contribution in [0.25, 0.3) is 116 Å². The molecule has 64 heavy (non-hydrogen) atoms. The van der Waals surface area contributed by atoms with Gasteiger partial charge in [0.25, 0.3) is 0 Å². The van der Waals surface area contributed by atoms with Crippen molar-refractivity contribution >= 4 is 49.3 Å². The van der Waals surface area contributed by atoms with E-state index in [9.17, 15) is 0 Å². The van der Waals surface area contributed by atoms with Crippen LogP contribution in [0.5, 0.6) is 0 Å². The lowest BCUT2D eigenvalue weighted by Crippen LogP contribution is -2.07. The van der Waals surface area contributed by atoms with Gasteiger partial charge in [0.05, 0.1) is 34.3 Å². The summed E-state index contributed by atoms with van der Waals surface area (Å²) in [5.41, 5.74) is 13.9. The zero-order valence-corrected chi connectivity index (χ0v) is 34.5. The average molecular weight is 817 g/mol. The zero-order valence-electron chi connectivity index (χ0n) is 34.5. The molecule has 12 rings (SSSR count). The number of rotatable bonds is 7. The third-order valence-electron chi connectivity index (χ3n) is 12.2. The summed E-state index contributed by atoms with van der Waals surface area (Å²) < 4.78 is 4.55. The van der Waals surface area contributed by atoms with E-state index in [1.54, 1.807) is 0 Å². The van der Waals surface area contributed by atoms with E-state index in [4.69, 9.17) is 21.5 Å². The molecule has 3 heterocycles. The van der Waals surface area contributed by atoms with Crippen molar-refractivity contribution in [3.05, 3.63) is 230 Å². The summed E-state index contributed by atoms with van der Waals surface area (Å²) in [6, 6.07) is 75.9. The van der Waals surface area contributed by atoms with Gasteiger partial charge in [0.15, 0.2) is 17.3 Å². The number of fused-ring (bicyclic) bond motifs is 6. The maximum atomic E-state index is 7.84. The van der Waals surface area contributed by atoms with Crippen molar-refractivity contribution in [3.8, 4) is 67.8 Å². The molecule has 0 saturated carbocycles. The molecule has 9 aromatic carbocycles. The van der Waals surface area contributed by atoms with Gasteiger partial charge in [0, 0.05) is 43.8 Å². The number of benzene rings is 9. The standard InChI is InChI=1S/C58H36N6/c1-59-44-24-15-23-42(36-44)56-60-57(62-58(61-56)64-53-32-13-10-27-48(53)49-29-16-28-45(55(49)64)39-19-6-3-7-20-39)43-33-34-54(63-51-30-11-8-25-46(51)47-26-9-12-31-52(47)63)50(37-43)41-22-14-21-40(35-41)38-17-4-2-5-18-38/h2-37H. The normalized spacial score (nSPS) is 11.4. The van der Waals surface area contributed by atoms with Crippen LogP contribution in [0.15, 0.2) is 218 Å². The Balaban J connectivity index is 1.15. The van der Waals surface area contributed by atoms with E-state index in [0.29, 0.717) is 23.3 Å². The molecule has 6 nitrogen and oxygen atoms in total. The van der Waals surface area contributed by atoms with Gasteiger partial charge in [-0.15, -0.1) is 0 Å². The summed E-state index contributed by atoms with van der Waals surface area (Å²) in [4.78, 5) is 19.7. The van der Waals surface area contributed by atoms with Gasteiger partial charge in [-0.25, -0.2) is 9.83 Å². The maximum Gasteiger partial charge on any atom is 0.238 e. The molecule has 0 radical (unpaired) electrons. The van der Waals surface area contributed by atoms with Crippen molar-refractivity contribution in [1.29, 1.82) is 0 Å². The number of hydrogen-bond acceptors (Lipinski definition) is 3. The third-order valence-corrected chi connectivity index (χ3v) is 12.2. The van der Waals surface area contributed by atoms with Crippen molar-refractivity contribution in [1.82, 2.24) is 24.1 Å². The molecule has 0 atom stereocenters. The smallest absolute Gasteiger partial charge is 0.238 e. The lowest BCUT2D eigenvalue weighted by atomic mass is 9.96. The molecule has 0 spiro atoms. The highest BCUT2D eigenvalue weighted by Gasteiger charge is 2.22. The highest BCUT2D eigenvalue weighted by Crippen LogP contribution is 2.41. The number of para-hydroxylation sites is 4. The van der Waals surface area contributed by atoms with Crippen LogP contribution in [-0.2, 0) is 0 Å². The Kier molecular flexibility index (Phi) is 8.77. The van der Waals surface area contributed by atoms with Gasteiger partial charge < -0.3 is 4.57 Å². The van der Waals surface area contributed by atoms with Gasteiger partial charge in [-0.2, -0.15) is 9.97 Å². The first-order valence-corrected chi connectivity index (χ1v) is 21.3. The molecule has 0 unspecified atom stereocenters. The number of hydrogen-bond donors (Lipinski definition) is 0. The highest BCUT2D eigenvalue weighted by molar-refractivity contribution is 6.14. The van der Waals surface area contributed by atoms with E-state index >= 15 is 0 Å². The molecule has 0 saturated heterocycles. The highest BCUT2D eigenvalue weighted by atomic mass is 15.2. The lowest BCUT2D eigenvalue weighted by Gasteiger charge is -2.17. The SMILES string of the molecule is [C-]#[N+]c1cccc(-c2nc(-c3ccc(-n4c5ccccc5c5ccccc54)c(-c4cccc(-c5ccccc5)c4)c3)nc(-n3c4ccccc4c4cccc(-c5ccccc5)c43)n2)c1. The van der Waals surface area contributed by atoms with E-state index in [-0.39, 0.29) is 0 Å². The second kappa shape index (κ2) is 15.2. The fourth-order valence-electron chi connectivity index (χ4n) is 9.29. The van der Waals surface area contributed by atoms with Crippen molar-refractivity contribution in [2.24, 2.45) is 0 Å². The molecule has 0 aliphatic heterocycles. The van der Waals surface area contributed by atoms with Crippen molar-refractivity contribution in [2.45, 2.75) is 0 Å². The Morgan fingerprint density at radius 2 is 0.859 bits per heavy atom. The summed E-state index contributed by atoms with van der Waals surface area (Å²) in [6.45, 7) is 7.84. The molecule has 0 fully saturated rings. The van der Waals surface area contributed by atoms with E-state index in [2.05, 4.69) is 196 Å². The van der Waals surface area contributed by atoms with Crippen molar-refractivity contribution in [2.75, 3.05) is 0 Å². The molecule has 298 valence electrons. The quantitative estimate of drug-likeness (QED) is 0.151. The molecule has 0 aliphatic rings. The molecule has 6 heteroatoms. The van der Waals surface area contributed by atoms with Crippen LogP contribution in [-0.4, -0.2) is 24.1 Å². The van der Waals surface area contributed by atoms with E-state index in [1.165, 1.54) is 10.8 Å². The van der Waals surface area contributed by atoms with Gasteiger partial charge >= 0.3 is 0 Å². The average Bonchev–Trinajstić information content (AvgIpc) is 3.90. The molecule has 0 bridgehead atoms. The molecule has 0 aliphatic carbocycles. The van der Waals surface area contributed by atoms with Crippen LogP contribution < -0.4 is 0 Å². The lowest BCUT2D eigenvalue weighted by molar-refractivity contribution is 0.954. The first-order valence-electron chi connectivity index (χ1n) is 21.3. The molecular weight excluding hydrogens is 781 g/mol. The molecule has 0 N–H and O–H groups in total. The summed E-state index contributed by atoms with van der Waals surface area (Å²) in [5, 5.41) is 4.60. The minimum atomic E-state index is 0.479. The van der Waals surface area contributed by atoms with Gasteiger partial charge in [0.1, 0.15) is 0 Å². The van der Waals surface area contributed by atoms with Crippen LogP contribution in [0.1, 0.15) is 0 Å². The van der Waals surface area contributed by atoms with Crippen molar-refractivity contribution < 1.29 is 0 Å². The summed E-state index contributed by atoms with van der Waals surface area (Å²) in [6.07, 6.45) is 0. The Hall–Kier alpha value is -8.92. The van der Waals surface area contributed by atoms with Gasteiger partial charge in [-0.1, -0.05) is 170 Å². The molecule has 12 aromatic rings. The zero-order chi connectivity index (χ0) is 42.6. The Bertz CT molecular complexity index is 3750. The first-order chi connectivity index (χ1) is 31.7. The van der Waals surface area contributed by atoms with Crippen LogP contribution in [0, 0.1) is 6.57 Å². The van der Waals surface area contributed by atoms with E-state index in [1.807, 2.05) is 36.4 Å².